The van der Waals surface area contributed by atoms with E-state index in [1.165, 1.54) is 0 Å². The number of hydrogen-bond donors (Lipinski definition) is 1. The Bertz CT molecular complexity index is 1150. The number of nitrogens with one attached hydrogen (secondary N) is 1. The maximum Gasteiger partial charge on any atom is 0.320 e. The average molecular weight is 518 g/mol. The Balaban J connectivity index is 1.78. The minimum absolute atomic E-state index is 0.0548. The van der Waals surface area contributed by atoms with Crippen molar-refractivity contribution in [1.29, 1.82) is 0 Å². The van der Waals surface area contributed by atoms with E-state index in [1.54, 1.807) is 19.1 Å². The molecule has 0 aliphatic heterocycles. The number of aromatic nitrogens is 1. The molecule has 0 bridgehead atoms. The van der Waals surface area contributed by atoms with E-state index in [0.717, 1.165) is 22.0 Å². The molecule has 1 aromatic heterocycles. The lowest BCUT2D eigenvalue weighted by Gasteiger charge is -2.28. The van der Waals surface area contributed by atoms with Crippen molar-refractivity contribution in [1.82, 2.24) is 14.8 Å². The molecule has 0 atom stereocenters. The largest absolute Gasteiger partial charge is 0.465 e. The Labute approximate surface area is 217 Å². The number of ether oxygens (including phenoxy) is 1. The maximum atomic E-state index is 13.5. The lowest BCUT2D eigenvalue weighted by Crippen LogP contribution is -2.44. The summed E-state index contributed by atoms with van der Waals surface area (Å²) in [5.41, 5.74) is 3.12. The van der Waals surface area contributed by atoms with Crippen LogP contribution in [0.3, 0.4) is 0 Å². The number of nitrogens with zero attached hydrogens (tertiary/aromatic N) is 2. The highest BCUT2D eigenvalue weighted by Gasteiger charge is 2.21. The van der Waals surface area contributed by atoms with E-state index in [9.17, 15) is 9.59 Å². The average Bonchev–Trinajstić information content (AvgIpc) is 3.21. The number of rotatable bonds is 12. The molecule has 1 amide bonds. The van der Waals surface area contributed by atoms with Gasteiger partial charge in [-0.2, -0.15) is 0 Å². The first-order valence-corrected chi connectivity index (χ1v) is 12.7. The highest BCUT2D eigenvalue weighted by molar-refractivity contribution is 6.42. The number of carbonyl (C=O) groups excluding carboxylic acids is 2. The van der Waals surface area contributed by atoms with Gasteiger partial charge in [0.15, 0.2) is 0 Å². The van der Waals surface area contributed by atoms with E-state index in [2.05, 4.69) is 24.9 Å². The zero-order valence-corrected chi connectivity index (χ0v) is 22.0. The number of fused-ring (bicyclic) bond motifs is 1. The lowest BCUT2D eigenvalue weighted by molar-refractivity contribution is -0.145. The first kappa shape index (κ1) is 27.1. The van der Waals surface area contributed by atoms with Gasteiger partial charge in [-0.15, -0.1) is 0 Å². The molecule has 6 nitrogen and oxygen atoms in total. The van der Waals surface area contributed by atoms with Crippen LogP contribution in [0.5, 0.6) is 0 Å². The molecule has 0 unspecified atom stereocenters. The highest BCUT2D eigenvalue weighted by atomic mass is 35.5. The molecule has 8 heteroatoms. The second kappa shape index (κ2) is 13.0. The molecule has 1 N–H and O–H groups in total. The number of H-pyrrole nitrogens is 1. The van der Waals surface area contributed by atoms with Crippen molar-refractivity contribution in [3.8, 4) is 0 Å². The van der Waals surface area contributed by atoms with Gasteiger partial charge in [0.05, 0.1) is 29.7 Å². The molecule has 0 aliphatic rings. The molecule has 2 aromatic carbocycles. The number of carbonyl (C=O) groups is 2. The van der Waals surface area contributed by atoms with Gasteiger partial charge in [-0.05, 0) is 48.6 Å². The van der Waals surface area contributed by atoms with Gasteiger partial charge in [-0.3, -0.25) is 14.5 Å². The number of amides is 1. The van der Waals surface area contributed by atoms with Gasteiger partial charge in [-0.1, -0.05) is 61.3 Å². The van der Waals surface area contributed by atoms with Gasteiger partial charge in [0.25, 0.3) is 0 Å². The predicted octanol–water partition coefficient (Wildman–Crippen LogP) is 5.57. The van der Waals surface area contributed by atoms with Gasteiger partial charge < -0.3 is 14.6 Å². The summed E-state index contributed by atoms with van der Waals surface area (Å²) in [5.74, 6) is -0.0800. The summed E-state index contributed by atoms with van der Waals surface area (Å²) in [6, 6.07) is 13.5. The molecule has 3 aromatic rings. The molecular formula is C27H33Cl2N3O3. The predicted molar refractivity (Wildman–Crippen MR) is 142 cm³/mol. The van der Waals surface area contributed by atoms with E-state index < -0.39 is 0 Å². The molecule has 0 saturated heterocycles. The molecular weight excluding hydrogens is 485 g/mol. The number of esters is 1. The third kappa shape index (κ3) is 7.99. The van der Waals surface area contributed by atoms with Crippen LogP contribution in [-0.4, -0.2) is 59.4 Å². The third-order valence-corrected chi connectivity index (χ3v) is 6.42. The Hall–Kier alpha value is -2.54. The van der Waals surface area contributed by atoms with E-state index in [1.807, 2.05) is 40.3 Å². The molecule has 3 rings (SSSR count). The van der Waals surface area contributed by atoms with E-state index in [0.29, 0.717) is 48.6 Å². The van der Waals surface area contributed by atoms with Crippen molar-refractivity contribution in [3.63, 3.8) is 0 Å². The van der Waals surface area contributed by atoms with Gasteiger partial charge >= 0.3 is 5.97 Å². The summed E-state index contributed by atoms with van der Waals surface area (Å²) in [6.45, 7) is 7.97. The zero-order valence-electron chi connectivity index (χ0n) is 20.5. The molecule has 0 fully saturated rings. The maximum absolute atomic E-state index is 13.5. The zero-order chi connectivity index (χ0) is 25.4. The Kier molecular flexibility index (Phi) is 10.0. The van der Waals surface area contributed by atoms with Gasteiger partial charge in [0.1, 0.15) is 0 Å². The van der Waals surface area contributed by atoms with Crippen LogP contribution in [-0.2, 0) is 27.3 Å². The Morgan fingerprint density at radius 3 is 2.54 bits per heavy atom. The second-order valence-corrected chi connectivity index (χ2v) is 9.86. The van der Waals surface area contributed by atoms with Crippen LogP contribution < -0.4 is 0 Å². The monoisotopic (exact) mass is 517 g/mol. The van der Waals surface area contributed by atoms with Crippen LogP contribution in [0.1, 0.15) is 31.9 Å². The third-order valence-electron chi connectivity index (χ3n) is 5.68. The van der Waals surface area contributed by atoms with Crippen molar-refractivity contribution in [2.75, 3.05) is 32.8 Å². The number of para-hydroxylation sites is 1. The summed E-state index contributed by atoms with van der Waals surface area (Å²) < 4.78 is 5.12. The van der Waals surface area contributed by atoms with E-state index in [4.69, 9.17) is 27.9 Å². The standard InChI is InChI=1S/C27H33Cl2N3O3/c1-4-35-27(34)18-31(15-19(2)3)17-26(33)32(16-20-9-10-23(28)24(29)13-20)12-11-21-14-30-25-8-6-5-7-22(21)25/h5-10,13-14,19,30H,4,11-12,15-18H2,1-3H3. The first-order valence-electron chi connectivity index (χ1n) is 11.9. The molecule has 188 valence electrons. The van der Waals surface area contributed by atoms with Gasteiger partial charge in [0, 0.05) is 36.7 Å². The van der Waals surface area contributed by atoms with Crippen LogP contribution in [0, 0.1) is 5.92 Å². The van der Waals surface area contributed by atoms with Crippen LogP contribution in [0.15, 0.2) is 48.7 Å². The number of halogens is 2. The SMILES string of the molecule is CCOC(=O)CN(CC(=O)N(CCc1c[nH]c2ccccc12)Cc1ccc(Cl)c(Cl)c1)CC(C)C. The van der Waals surface area contributed by atoms with Crippen LogP contribution in [0.25, 0.3) is 10.9 Å². The molecule has 1 heterocycles. The summed E-state index contributed by atoms with van der Waals surface area (Å²) in [4.78, 5) is 32.6. The van der Waals surface area contributed by atoms with E-state index in [-0.39, 0.29) is 25.0 Å². The first-order chi connectivity index (χ1) is 16.8. The fraction of sp³-hybridized carbons (Fsp3) is 0.407. The number of benzene rings is 2. The summed E-state index contributed by atoms with van der Waals surface area (Å²) >= 11 is 12.3. The summed E-state index contributed by atoms with van der Waals surface area (Å²) in [7, 11) is 0. The fourth-order valence-electron chi connectivity index (χ4n) is 4.13. The summed E-state index contributed by atoms with van der Waals surface area (Å²) in [5, 5.41) is 2.08. The Morgan fingerprint density at radius 1 is 1.06 bits per heavy atom. The number of aromatic amines is 1. The normalized spacial score (nSPS) is 11.4. The van der Waals surface area contributed by atoms with Gasteiger partial charge in [-0.25, -0.2) is 0 Å². The minimum Gasteiger partial charge on any atom is -0.465 e. The Morgan fingerprint density at radius 2 is 1.83 bits per heavy atom. The van der Waals surface area contributed by atoms with Crippen molar-refractivity contribution in [3.05, 3.63) is 69.8 Å². The van der Waals surface area contributed by atoms with Crippen LogP contribution >= 0.6 is 23.2 Å². The molecule has 35 heavy (non-hydrogen) atoms. The summed E-state index contributed by atoms with van der Waals surface area (Å²) in [6.07, 6.45) is 2.69. The number of hydrogen-bond acceptors (Lipinski definition) is 4. The molecule has 0 aliphatic carbocycles. The smallest absolute Gasteiger partial charge is 0.320 e. The van der Waals surface area contributed by atoms with Gasteiger partial charge in [0.2, 0.25) is 5.91 Å². The van der Waals surface area contributed by atoms with Crippen molar-refractivity contribution >= 4 is 46.0 Å². The molecule has 0 saturated carbocycles. The fourth-order valence-corrected chi connectivity index (χ4v) is 4.45. The highest BCUT2D eigenvalue weighted by Crippen LogP contribution is 2.24. The quantitative estimate of drug-likeness (QED) is 0.319. The van der Waals surface area contributed by atoms with Crippen LogP contribution in [0.4, 0.5) is 0 Å². The second-order valence-electron chi connectivity index (χ2n) is 9.04. The van der Waals surface area contributed by atoms with Crippen molar-refractivity contribution in [2.45, 2.75) is 33.7 Å². The molecule has 0 spiro atoms. The van der Waals surface area contributed by atoms with Crippen molar-refractivity contribution < 1.29 is 14.3 Å². The topological polar surface area (TPSA) is 65.6 Å². The van der Waals surface area contributed by atoms with Crippen LogP contribution in [0.2, 0.25) is 10.0 Å². The van der Waals surface area contributed by atoms with Crippen molar-refractivity contribution in [2.24, 2.45) is 5.92 Å². The lowest BCUT2D eigenvalue weighted by atomic mass is 10.1. The van der Waals surface area contributed by atoms with E-state index >= 15 is 0 Å². The molecule has 0 radical (unpaired) electrons. The minimum atomic E-state index is -0.323.